The van der Waals surface area contributed by atoms with E-state index < -0.39 is 10.2 Å². The van der Waals surface area contributed by atoms with Gasteiger partial charge in [-0.25, -0.2) is 9.71 Å². The maximum atomic E-state index is 11.4. The number of hydrogen-bond donors (Lipinski definition) is 3. The third-order valence-electron chi connectivity index (χ3n) is 2.20. The van der Waals surface area contributed by atoms with Crippen LogP contribution < -0.4 is 9.44 Å². The number of hydrogen-bond acceptors (Lipinski definition) is 3. The summed E-state index contributed by atoms with van der Waals surface area (Å²) in [6, 6.07) is 7.54. The van der Waals surface area contributed by atoms with Crippen molar-refractivity contribution in [1.82, 2.24) is 19.4 Å². The van der Waals surface area contributed by atoms with E-state index in [1.54, 1.807) is 6.92 Å². The van der Waals surface area contributed by atoms with Crippen molar-refractivity contribution in [3.8, 4) is 0 Å². The van der Waals surface area contributed by atoms with E-state index in [0.29, 0.717) is 12.4 Å². The van der Waals surface area contributed by atoms with E-state index in [1.807, 2.05) is 24.3 Å². The van der Waals surface area contributed by atoms with Gasteiger partial charge in [-0.05, 0) is 12.1 Å². The molecular weight excluding hydrogens is 240 g/mol. The molecule has 1 heterocycles. The van der Waals surface area contributed by atoms with Gasteiger partial charge in [0.05, 0.1) is 17.6 Å². The Balaban J connectivity index is 2.09. The largest absolute Gasteiger partial charge is 0.341 e. The normalized spacial score (nSPS) is 12.1. The molecule has 0 amide bonds. The maximum absolute atomic E-state index is 11.4. The Hall–Kier alpha value is -1.44. The Kier molecular flexibility index (Phi) is 3.41. The van der Waals surface area contributed by atoms with Crippen LogP contribution in [0.1, 0.15) is 12.7 Å². The van der Waals surface area contributed by atoms with Gasteiger partial charge >= 0.3 is 0 Å². The summed E-state index contributed by atoms with van der Waals surface area (Å²) in [5.74, 6) is 0.590. The number of aromatic amines is 1. The quantitative estimate of drug-likeness (QED) is 0.726. The van der Waals surface area contributed by atoms with Crippen molar-refractivity contribution in [3.05, 3.63) is 30.1 Å². The first-order valence-corrected chi connectivity index (χ1v) is 6.77. The molecule has 0 bridgehead atoms. The minimum atomic E-state index is -3.43. The second-order valence-electron chi connectivity index (χ2n) is 3.52. The van der Waals surface area contributed by atoms with Crippen molar-refractivity contribution in [3.63, 3.8) is 0 Å². The molecule has 0 unspecified atom stereocenters. The van der Waals surface area contributed by atoms with Gasteiger partial charge in [0, 0.05) is 6.54 Å². The average Bonchev–Trinajstić information content (AvgIpc) is 2.69. The number of nitrogens with one attached hydrogen (secondary N) is 3. The molecule has 0 aliphatic carbocycles. The third-order valence-corrected chi connectivity index (χ3v) is 3.40. The van der Waals surface area contributed by atoms with E-state index in [9.17, 15) is 8.42 Å². The molecule has 0 aliphatic rings. The minimum absolute atomic E-state index is 0.143. The lowest BCUT2D eigenvalue weighted by Gasteiger charge is -2.04. The van der Waals surface area contributed by atoms with Crippen molar-refractivity contribution in [2.24, 2.45) is 0 Å². The standard InChI is InChI=1S/C10H14N4O2S/c1-2-11-17(15,16)12-7-10-13-8-5-3-4-6-9(8)14-10/h3-6,11-12H,2,7H2,1H3,(H,13,14). The van der Waals surface area contributed by atoms with Gasteiger partial charge in [-0.3, -0.25) is 0 Å². The summed E-state index contributed by atoms with van der Waals surface area (Å²) in [5, 5.41) is 0. The molecule has 0 aliphatic heterocycles. The molecule has 0 saturated carbocycles. The fourth-order valence-corrected chi connectivity index (χ4v) is 2.30. The van der Waals surface area contributed by atoms with Gasteiger partial charge in [0.25, 0.3) is 10.2 Å². The van der Waals surface area contributed by atoms with E-state index in [1.165, 1.54) is 0 Å². The van der Waals surface area contributed by atoms with E-state index in [2.05, 4.69) is 19.4 Å². The van der Waals surface area contributed by atoms with Crippen LogP contribution in [0.5, 0.6) is 0 Å². The van der Waals surface area contributed by atoms with Crippen LogP contribution in [-0.4, -0.2) is 24.9 Å². The zero-order valence-electron chi connectivity index (χ0n) is 9.40. The van der Waals surface area contributed by atoms with Crippen molar-refractivity contribution >= 4 is 21.2 Å². The lowest BCUT2D eigenvalue weighted by Crippen LogP contribution is -2.36. The summed E-state index contributed by atoms with van der Waals surface area (Å²) in [5.41, 5.74) is 1.72. The van der Waals surface area contributed by atoms with Crippen LogP contribution in [0.2, 0.25) is 0 Å². The third kappa shape index (κ3) is 3.02. The van der Waals surface area contributed by atoms with Gasteiger partial charge in [0.2, 0.25) is 0 Å². The SMILES string of the molecule is CCNS(=O)(=O)NCc1nc2ccccc2[nH]1. The molecule has 7 heteroatoms. The summed E-state index contributed by atoms with van der Waals surface area (Å²) < 4.78 is 27.5. The summed E-state index contributed by atoms with van der Waals surface area (Å²) in [6.07, 6.45) is 0. The van der Waals surface area contributed by atoms with Crippen LogP contribution in [0.25, 0.3) is 11.0 Å². The number of fused-ring (bicyclic) bond motifs is 1. The Morgan fingerprint density at radius 3 is 2.76 bits per heavy atom. The molecule has 3 N–H and O–H groups in total. The zero-order valence-corrected chi connectivity index (χ0v) is 10.2. The van der Waals surface area contributed by atoms with E-state index in [4.69, 9.17) is 0 Å². The van der Waals surface area contributed by atoms with Crippen LogP contribution in [0.15, 0.2) is 24.3 Å². The number of nitrogens with zero attached hydrogens (tertiary/aromatic N) is 1. The summed E-state index contributed by atoms with van der Waals surface area (Å²) in [6.45, 7) is 2.22. The van der Waals surface area contributed by atoms with Crippen LogP contribution in [-0.2, 0) is 16.8 Å². The predicted molar refractivity (Wildman–Crippen MR) is 65.5 cm³/mol. The molecule has 1 aromatic carbocycles. The van der Waals surface area contributed by atoms with Gasteiger partial charge in [0.15, 0.2) is 0 Å². The Morgan fingerprint density at radius 2 is 2.06 bits per heavy atom. The van der Waals surface area contributed by atoms with Gasteiger partial charge in [-0.2, -0.15) is 13.1 Å². The molecule has 0 saturated heterocycles. The molecule has 17 heavy (non-hydrogen) atoms. The van der Waals surface area contributed by atoms with Crippen LogP contribution >= 0.6 is 0 Å². The second-order valence-corrected chi connectivity index (χ2v) is 5.11. The summed E-state index contributed by atoms with van der Waals surface area (Å²) in [7, 11) is -3.43. The van der Waals surface area contributed by atoms with Crippen LogP contribution in [0.4, 0.5) is 0 Å². The topological polar surface area (TPSA) is 86.9 Å². The van der Waals surface area contributed by atoms with Gasteiger partial charge in [-0.15, -0.1) is 0 Å². The smallest absolute Gasteiger partial charge is 0.277 e. The Labute approximate surface area is 99.6 Å². The van der Waals surface area contributed by atoms with Crippen molar-refractivity contribution in [2.45, 2.75) is 13.5 Å². The highest BCUT2D eigenvalue weighted by atomic mass is 32.2. The average molecular weight is 254 g/mol. The van der Waals surface area contributed by atoms with Crippen LogP contribution in [0, 0.1) is 0 Å². The lowest BCUT2D eigenvalue weighted by atomic mass is 10.3. The summed E-state index contributed by atoms with van der Waals surface area (Å²) in [4.78, 5) is 7.31. The molecule has 6 nitrogen and oxygen atoms in total. The first kappa shape index (κ1) is 12.0. The summed E-state index contributed by atoms with van der Waals surface area (Å²) >= 11 is 0. The molecule has 0 atom stereocenters. The zero-order chi connectivity index (χ0) is 12.3. The molecule has 1 aromatic heterocycles. The number of imidazole rings is 1. The number of aromatic nitrogens is 2. The molecule has 92 valence electrons. The second kappa shape index (κ2) is 4.82. The lowest BCUT2D eigenvalue weighted by molar-refractivity contribution is 0.567. The van der Waals surface area contributed by atoms with E-state index in [-0.39, 0.29) is 6.54 Å². The highest BCUT2D eigenvalue weighted by Gasteiger charge is 2.09. The molecule has 0 spiro atoms. The van der Waals surface area contributed by atoms with Crippen LogP contribution in [0.3, 0.4) is 0 Å². The van der Waals surface area contributed by atoms with Crippen molar-refractivity contribution < 1.29 is 8.42 Å². The minimum Gasteiger partial charge on any atom is -0.341 e. The Morgan fingerprint density at radius 1 is 1.29 bits per heavy atom. The fraction of sp³-hybridized carbons (Fsp3) is 0.300. The number of rotatable bonds is 5. The van der Waals surface area contributed by atoms with Gasteiger partial charge < -0.3 is 4.98 Å². The Bertz CT molecular complexity index is 573. The maximum Gasteiger partial charge on any atom is 0.277 e. The molecular formula is C10H14N4O2S. The number of benzene rings is 1. The number of H-pyrrole nitrogens is 1. The van der Waals surface area contributed by atoms with E-state index in [0.717, 1.165) is 11.0 Å². The highest BCUT2D eigenvalue weighted by molar-refractivity contribution is 7.87. The van der Waals surface area contributed by atoms with Gasteiger partial charge in [0.1, 0.15) is 5.82 Å². The van der Waals surface area contributed by atoms with E-state index >= 15 is 0 Å². The highest BCUT2D eigenvalue weighted by Crippen LogP contribution is 2.09. The van der Waals surface area contributed by atoms with Crippen molar-refractivity contribution in [1.29, 1.82) is 0 Å². The first-order valence-electron chi connectivity index (χ1n) is 5.28. The first-order chi connectivity index (χ1) is 8.11. The molecule has 2 rings (SSSR count). The van der Waals surface area contributed by atoms with Crippen molar-refractivity contribution in [2.75, 3.05) is 6.54 Å². The molecule has 0 fully saturated rings. The fourth-order valence-electron chi connectivity index (χ4n) is 1.49. The molecule has 0 radical (unpaired) electrons. The number of para-hydroxylation sites is 2. The van der Waals surface area contributed by atoms with Gasteiger partial charge in [-0.1, -0.05) is 19.1 Å². The monoisotopic (exact) mass is 254 g/mol. The predicted octanol–water partition coefficient (Wildman–Crippen LogP) is 0.507. The molecule has 2 aromatic rings.